The summed E-state index contributed by atoms with van der Waals surface area (Å²) in [4.78, 5) is 16.2. The Kier molecular flexibility index (Phi) is 5.59. The Balaban J connectivity index is 1.92. The van der Waals surface area contributed by atoms with Crippen LogP contribution in [0.5, 0.6) is 5.75 Å². The molecule has 0 bridgehead atoms. The number of para-hydroxylation sites is 1. The molecule has 21 heavy (non-hydrogen) atoms. The lowest BCUT2D eigenvalue weighted by Crippen LogP contribution is -2.48. The van der Waals surface area contributed by atoms with Crippen LogP contribution in [-0.2, 0) is 4.79 Å². The minimum Gasteiger partial charge on any atom is -0.483 e. The van der Waals surface area contributed by atoms with E-state index in [2.05, 4.69) is 11.9 Å². The zero-order valence-corrected chi connectivity index (χ0v) is 12.8. The molecule has 0 radical (unpaired) electrons. The van der Waals surface area contributed by atoms with Crippen LogP contribution in [0, 0.1) is 0 Å². The van der Waals surface area contributed by atoms with Crippen molar-refractivity contribution >= 4 is 5.91 Å². The molecule has 116 valence electrons. The molecule has 1 fully saturated rings. The van der Waals surface area contributed by atoms with E-state index in [9.17, 15) is 9.90 Å². The fourth-order valence-corrected chi connectivity index (χ4v) is 2.39. The number of ether oxygens (including phenoxy) is 1. The van der Waals surface area contributed by atoms with E-state index in [1.54, 1.807) is 6.07 Å². The molecule has 1 aliphatic rings. The van der Waals surface area contributed by atoms with Crippen molar-refractivity contribution in [2.45, 2.75) is 19.4 Å². The summed E-state index contributed by atoms with van der Waals surface area (Å²) < 4.78 is 5.64. The van der Waals surface area contributed by atoms with E-state index in [4.69, 9.17) is 4.74 Å². The number of benzene rings is 1. The van der Waals surface area contributed by atoms with Crippen LogP contribution in [-0.4, -0.2) is 60.6 Å². The lowest BCUT2D eigenvalue weighted by Gasteiger charge is -2.32. The number of carbonyl (C=O) groups excluding carboxylic acids is 1. The first-order valence-electron chi connectivity index (χ1n) is 7.48. The Morgan fingerprint density at radius 1 is 1.29 bits per heavy atom. The average Bonchev–Trinajstić information content (AvgIpc) is 2.52. The van der Waals surface area contributed by atoms with Crippen LogP contribution in [0.4, 0.5) is 0 Å². The summed E-state index contributed by atoms with van der Waals surface area (Å²) in [6.07, 6.45) is 0.0622. The lowest BCUT2D eigenvalue weighted by molar-refractivity contribution is -0.134. The second-order valence-electron chi connectivity index (χ2n) is 5.43. The normalized spacial score (nSPS) is 17.6. The van der Waals surface area contributed by atoms with Crippen molar-refractivity contribution in [2.75, 3.05) is 39.8 Å². The van der Waals surface area contributed by atoms with Gasteiger partial charge in [-0.25, -0.2) is 0 Å². The van der Waals surface area contributed by atoms with E-state index < -0.39 is 6.10 Å². The van der Waals surface area contributed by atoms with Gasteiger partial charge in [0.2, 0.25) is 0 Å². The van der Waals surface area contributed by atoms with Gasteiger partial charge in [-0.2, -0.15) is 0 Å². The molecule has 1 unspecified atom stereocenters. The molecule has 1 aliphatic heterocycles. The smallest absolute Gasteiger partial charge is 0.260 e. The fraction of sp³-hybridized carbons (Fsp3) is 0.562. The van der Waals surface area contributed by atoms with E-state index in [1.807, 2.05) is 30.0 Å². The number of amides is 1. The van der Waals surface area contributed by atoms with Crippen molar-refractivity contribution < 1.29 is 14.6 Å². The monoisotopic (exact) mass is 292 g/mol. The number of aliphatic hydroxyl groups excluding tert-OH is 1. The number of rotatable bonds is 5. The summed E-state index contributed by atoms with van der Waals surface area (Å²) in [6.45, 7) is 5.23. The van der Waals surface area contributed by atoms with E-state index in [-0.39, 0.29) is 12.5 Å². The molecule has 1 amide bonds. The van der Waals surface area contributed by atoms with Gasteiger partial charge in [0.1, 0.15) is 5.75 Å². The summed E-state index contributed by atoms with van der Waals surface area (Å²) >= 11 is 0. The second-order valence-corrected chi connectivity index (χ2v) is 5.43. The minimum atomic E-state index is -0.556. The first-order valence-corrected chi connectivity index (χ1v) is 7.48. The van der Waals surface area contributed by atoms with Gasteiger partial charge in [-0.1, -0.05) is 25.1 Å². The number of aliphatic hydroxyl groups is 1. The highest BCUT2D eigenvalue weighted by Crippen LogP contribution is 2.26. The SMILES string of the molecule is CCC(O)c1ccccc1OCC(=O)N1CCN(C)CC1. The molecule has 5 nitrogen and oxygen atoms in total. The molecule has 1 aromatic carbocycles. The summed E-state index contributed by atoms with van der Waals surface area (Å²) in [6, 6.07) is 7.35. The molecule has 2 rings (SSSR count). The van der Waals surface area contributed by atoms with Crippen LogP contribution in [0.3, 0.4) is 0 Å². The van der Waals surface area contributed by atoms with Gasteiger partial charge in [0.25, 0.3) is 5.91 Å². The quantitative estimate of drug-likeness (QED) is 0.888. The highest BCUT2D eigenvalue weighted by atomic mass is 16.5. The van der Waals surface area contributed by atoms with Crippen LogP contribution in [0.25, 0.3) is 0 Å². The Labute approximate surface area is 126 Å². The summed E-state index contributed by atoms with van der Waals surface area (Å²) in [5.41, 5.74) is 0.742. The molecule has 0 aromatic heterocycles. The second kappa shape index (κ2) is 7.43. The van der Waals surface area contributed by atoms with Gasteiger partial charge in [0.05, 0.1) is 6.10 Å². The highest BCUT2D eigenvalue weighted by Gasteiger charge is 2.20. The number of carbonyl (C=O) groups is 1. The number of hydrogen-bond donors (Lipinski definition) is 1. The van der Waals surface area contributed by atoms with Gasteiger partial charge in [0, 0.05) is 31.7 Å². The maximum atomic E-state index is 12.1. The predicted molar refractivity (Wildman–Crippen MR) is 81.3 cm³/mol. The molecular weight excluding hydrogens is 268 g/mol. The van der Waals surface area contributed by atoms with Crippen molar-refractivity contribution in [1.29, 1.82) is 0 Å². The van der Waals surface area contributed by atoms with Crippen molar-refractivity contribution in [1.82, 2.24) is 9.80 Å². The van der Waals surface area contributed by atoms with Gasteiger partial charge in [-0.3, -0.25) is 4.79 Å². The maximum Gasteiger partial charge on any atom is 0.260 e. The maximum absolute atomic E-state index is 12.1. The summed E-state index contributed by atoms with van der Waals surface area (Å²) in [7, 11) is 2.06. The van der Waals surface area contributed by atoms with Crippen molar-refractivity contribution in [3.8, 4) is 5.75 Å². The molecule has 0 aliphatic carbocycles. The Morgan fingerprint density at radius 2 is 1.95 bits per heavy atom. The number of likely N-dealkylation sites (N-methyl/N-ethyl adjacent to an activating group) is 1. The number of hydrogen-bond acceptors (Lipinski definition) is 4. The highest BCUT2D eigenvalue weighted by molar-refractivity contribution is 5.78. The zero-order valence-electron chi connectivity index (χ0n) is 12.8. The Morgan fingerprint density at radius 3 is 2.62 bits per heavy atom. The van der Waals surface area contributed by atoms with Gasteiger partial charge in [-0.15, -0.1) is 0 Å². The van der Waals surface area contributed by atoms with Crippen LogP contribution < -0.4 is 4.74 Å². The van der Waals surface area contributed by atoms with E-state index in [0.717, 1.165) is 31.7 Å². The average molecular weight is 292 g/mol. The first kappa shape index (κ1) is 15.8. The third-order valence-electron chi connectivity index (χ3n) is 3.87. The molecular formula is C16H24N2O3. The van der Waals surface area contributed by atoms with Gasteiger partial charge in [-0.05, 0) is 19.5 Å². The predicted octanol–water partition coefficient (Wildman–Crippen LogP) is 1.28. The molecule has 1 atom stereocenters. The first-order chi connectivity index (χ1) is 10.1. The number of piperazine rings is 1. The van der Waals surface area contributed by atoms with Gasteiger partial charge in [0.15, 0.2) is 6.61 Å². The topological polar surface area (TPSA) is 53.0 Å². The van der Waals surface area contributed by atoms with Crippen molar-refractivity contribution in [2.24, 2.45) is 0 Å². The van der Waals surface area contributed by atoms with Crippen LogP contribution >= 0.6 is 0 Å². The van der Waals surface area contributed by atoms with Crippen LogP contribution in [0.2, 0.25) is 0 Å². The molecule has 1 saturated heterocycles. The molecule has 1 N–H and O–H groups in total. The third-order valence-corrected chi connectivity index (χ3v) is 3.87. The molecule has 1 heterocycles. The molecule has 1 aromatic rings. The van der Waals surface area contributed by atoms with Gasteiger partial charge < -0.3 is 19.6 Å². The standard InChI is InChI=1S/C16H24N2O3/c1-3-14(19)13-6-4-5-7-15(13)21-12-16(20)18-10-8-17(2)9-11-18/h4-7,14,19H,3,8-12H2,1-2H3. The van der Waals surface area contributed by atoms with E-state index >= 15 is 0 Å². The largest absolute Gasteiger partial charge is 0.483 e. The van der Waals surface area contributed by atoms with Crippen molar-refractivity contribution in [3.63, 3.8) is 0 Å². The molecule has 0 spiro atoms. The van der Waals surface area contributed by atoms with Gasteiger partial charge >= 0.3 is 0 Å². The summed E-state index contributed by atoms with van der Waals surface area (Å²) in [5, 5.41) is 9.97. The lowest BCUT2D eigenvalue weighted by atomic mass is 10.1. The summed E-state index contributed by atoms with van der Waals surface area (Å²) in [5.74, 6) is 0.596. The van der Waals surface area contributed by atoms with E-state index in [1.165, 1.54) is 0 Å². The van der Waals surface area contributed by atoms with E-state index in [0.29, 0.717) is 12.2 Å². The number of nitrogens with zero attached hydrogens (tertiary/aromatic N) is 2. The Hall–Kier alpha value is -1.59. The van der Waals surface area contributed by atoms with Crippen molar-refractivity contribution in [3.05, 3.63) is 29.8 Å². The minimum absolute atomic E-state index is 0.00360. The van der Waals surface area contributed by atoms with Crippen LogP contribution in [0.1, 0.15) is 25.0 Å². The molecule has 5 heteroatoms. The Bertz CT molecular complexity index is 470. The third kappa shape index (κ3) is 4.19. The molecule has 0 saturated carbocycles. The fourth-order valence-electron chi connectivity index (χ4n) is 2.39. The zero-order chi connectivity index (χ0) is 15.2. The van der Waals surface area contributed by atoms with Crippen LogP contribution in [0.15, 0.2) is 24.3 Å².